The number of nitrogens with zero attached hydrogens (tertiary/aromatic N) is 1. The molecule has 2 aromatic rings. The molecule has 2 heterocycles. The van der Waals surface area contributed by atoms with Crippen molar-refractivity contribution in [3.8, 4) is 5.75 Å². The minimum Gasteiger partial charge on any atom is -0.508 e. The SMILES string of the molecule is Oc1ccc2oc(CCN3CCCC3)cc2c1. The lowest BCUT2D eigenvalue weighted by atomic mass is 10.2. The van der Waals surface area contributed by atoms with Crippen LogP contribution in [0.25, 0.3) is 11.0 Å². The van der Waals surface area contributed by atoms with Gasteiger partial charge in [0.1, 0.15) is 17.1 Å². The number of likely N-dealkylation sites (tertiary alicyclic amines) is 1. The molecular formula is C14H17NO2. The molecular weight excluding hydrogens is 214 g/mol. The summed E-state index contributed by atoms with van der Waals surface area (Å²) in [5.41, 5.74) is 0.860. The van der Waals surface area contributed by atoms with Gasteiger partial charge in [-0.2, -0.15) is 0 Å². The predicted octanol–water partition coefficient (Wildman–Crippen LogP) is 2.78. The number of rotatable bonds is 3. The van der Waals surface area contributed by atoms with Crippen molar-refractivity contribution in [1.29, 1.82) is 0 Å². The molecule has 1 N–H and O–H groups in total. The summed E-state index contributed by atoms with van der Waals surface area (Å²) >= 11 is 0. The predicted molar refractivity (Wildman–Crippen MR) is 67.3 cm³/mol. The van der Waals surface area contributed by atoms with Gasteiger partial charge in [-0.05, 0) is 50.2 Å². The van der Waals surface area contributed by atoms with Gasteiger partial charge in [-0.15, -0.1) is 0 Å². The molecule has 1 saturated heterocycles. The molecule has 0 bridgehead atoms. The van der Waals surface area contributed by atoms with E-state index in [1.807, 2.05) is 12.1 Å². The molecule has 1 aliphatic heterocycles. The van der Waals surface area contributed by atoms with Crippen molar-refractivity contribution in [2.24, 2.45) is 0 Å². The van der Waals surface area contributed by atoms with Crippen molar-refractivity contribution >= 4 is 11.0 Å². The Kier molecular flexibility index (Phi) is 2.77. The monoisotopic (exact) mass is 231 g/mol. The Morgan fingerprint density at radius 1 is 1.18 bits per heavy atom. The van der Waals surface area contributed by atoms with Crippen LogP contribution in [0, 0.1) is 0 Å². The summed E-state index contributed by atoms with van der Waals surface area (Å²) in [5.74, 6) is 1.31. The molecule has 90 valence electrons. The Morgan fingerprint density at radius 3 is 2.82 bits per heavy atom. The first kappa shape index (κ1) is 10.7. The molecule has 0 unspecified atom stereocenters. The van der Waals surface area contributed by atoms with Gasteiger partial charge in [0.05, 0.1) is 0 Å². The molecule has 3 rings (SSSR count). The van der Waals surface area contributed by atoms with E-state index in [1.54, 1.807) is 12.1 Å². The smallest absolute Gasteiger partial charge is 0.134 e. The molecule has 17 heavy (non-hydrogen) atoms. The molecule has 0 saturated carbocycles. The summed E-state index contributed by atoms with van der Waals surface area (Å²) in [6.07, 6.45) is 3.61. The fraction of sp³-hybridized carbons (Fsp3) is 0.429. The summed E-state index contributed by atoms with van der Waals surface area (Å²) in [6, 6.07) is 7.27. The number of benzene rings is 1. The number of phenols is 1. The first-order valence-corrected chi connectivity index (χ1v) is 6.25. The van der Waals surface area contributed by atoms with E-state index in [4.69, 9.17) is 4.42 Å². The van der Waals surface area contributed by atoms with Crippen LogP contribution >= 0.6 is 0 Å². The van der Waals surface area contributed by atoms with E-state index in [0.29, 0.717) is 5.75 Å². The van der Waals surface area contributed by atoms with E-state index in [-0.39, 0.29) is 0 Å². The molecule has 1 fully saturated rings. The highest BCUT2D eigenvalue weighted by atomic mass is 16.3. The second kappa shape index (κ2) is 4.41. The maximum Gasteiger partial charge on any atom is 0.134 e. The first-order chi connectivity index (χ1) is 8.31. The van der Waals surface area contributed by atoms with Gasteiger partial charge in [0.2, 0.25) is 0 Å². The number of furan rings is 1. The third kappa shape index (κ3) is 2.29. The van der Waals surface area contributed by atoms with Crippen molar-refractivity contribution in [1.82, 2.24) is 4.90 Å². The molecule has 0 radical (unpaired) electrons. The van der Waals surface area contributed by atoms with Crippen LogP contribution in [-0.4, -0.2) is 29.6 Å². The second-order valence-electron chi connectivity index (χ2n) is 4.73. The molecule has 0 atom stereocenters. The van der Waals surface area contributed by atoms with Gasteiger partial charge in [0.15, 0.2) is 0 Å². The number of hydrogen-bond acceptors (Lipinski definition) is 3. The Bertz CT molecular complexity index is 512. The summed E-state index contributed by atoms with van der Waals surface area (Å²) in [4.78, 5) is 2.48. The quantitative estimate of drug-likeness (QED) is 0.882. The van der Waals surface area contributed by atoms with Crippen LogP contribution < -0.4 is 0 Å². The fourth-order valence-corrected chi connectivity index (χ4v) is 2.48. The molecule has 0 spiro atoms. The van der Waals surface area contributed by atoms with Crippen LogP contribution in [0.2, 0.25) is 0 Å². The van der Waals surface area contributed by atoms with Crippen molar-refractivity contribution in [2.75, 3.05) is 19.6 Å². The first-order valence-electron chi connectivity index (χ1n) is 6.25. The Labute approximate surface area is 101 Å². The van der Waals surface area contributed by atoms with Gasteiger partial charge in [-0.3, -0.25) is 0 Å². The topological polar surface area (TPSA) is 36.6 Å². The van der Waals surface area contributed by atoms with Crippen LogP contribution in [0.4, 0.5) is 0 Å². The molecule has 0 amide bonds. The zero-order valence-corrected chi connectivity index (χ0v) is 9.85. The van der Waals surface area contributed by atoms with E-state index in [2.05, 4.69) is 4.90 Å². The van der Waals surface area contributed by atoms with Crippen LogP contribution in [-0.2, 0) is 6.42 Å². The number of fused-ring (bicyclic) bond motifs is 1. The summed E-state index contributed by atoms with van der Waals surface area (Å²) in [6.45, 7) is 3.52. The van der Waals surface area contributed by atoms with Crippen LogP contribution in [0.5, 0.6) is 5.75 Å². The number of phenolic OH excluding ortho intramolecular Hbond substituents is 1. The van der Waals surface area contributed by atoms with E-state index in [1.165, 1.54) is 25.9 Å². The molecule has 1 aromatic heterocycles. The minimum atomic E-state index is 0.296. The molecule has 1 aliphatic rings. The minimum absolute atomic E-state index is 0.296. The number of hydrogen-bond donors (Lipinski definition) is 1. The second-order valence-corrected chi connectivity index (χ2v) is 4.73. The van der Waals surface area contributed by atoms with Gasteiger partial charge in [-0.25, -0.2) is 0 Å². The largest absolute Gasteiger partial charge is 0.508 e. The Hall–Kier alpha value is -1.48. The fourth-order valence-electron chi connectivity index (χ4n) is 2.48. The lowest BCUT2D eigenvalue weighted by Crippen LogP contribution is -2.21. The van der Waals surface area contributed by atoms with Crippen LogP contribution in [0.1, 0.15) is 18.6 Å². The summed E-state index contributed by atoms with van der Waals surface area (Å²) < 4.78 is 5.75. The van der Waals surface area contributed by atoms with Gasteiger partial charge in [-0.1, -0.05) is 0 Å². The number of aromatic hydroxyl groups is 1. The Morgan fingerprint density at radius 2 is 2.00 bits per heavy atom. The lowest BCUT2D eigenvalue weighted by Gasteiger charge is -2.12. The molecule has 0 aliphatic carbocycles. The van der Waals surface area contributed by atoms with Gasteiger partial charge >= 0.3 is 0 Å². The Balaban J connectivity index is 1.72. The zero-order valence-electron chi connectivity index (χ0n) is 9.85. The van der Waals surface area contributed by atoms with Crippen molar-refractivity contribution in [3.05, 3.63) is 30.0 Å². The third-order valence-corrected chi connectivity index (χ3v) is 3.42. The average molecular weight is 231 g/mol. The highest BCUT2D eigenvalue weighted by molar-refractivity contribution is 5.79. The maximum atomic E-state index is 9.39. The normalized spacial score (nSPS) is 16.9. The van der Waals surface area contributed by atoms with E-state index in [0.717, 1.165) is 29.7 Å². The summed E-state index contributed by atoms with van der Waals surface area (Å²) in [5, 5.41) is 10.4. The van der Waals surface area contributed by atoms with E-state index in [9.17, 15) is 5.11 Å². The lowest BCUT2D eigenvalue weighted by molar-refractivity contribution is 0.333. The van der Waals surface area contributed by atoms with Gasteiger partial charge < -0.3 is 14.4 Å². The van der Waals surface area contributed by atoms with Crippen LogP contribution in [0.3, 0.4) is 0 Å². The van der Waals surface area contributed by atoms with Crippen molar-refractivity contribution in [2.45, 2.75) is 19.3 Å². The van der Waals surface area contributed by atoms with E-state index < -0.39 is 0 Å². The van der Waals surface area contributed by atoms with E-state index >= 15 is 0 Å². The molecule has 3 nitrogen and oxygen atoms in total. The van der Waals surface area contributed by atoms with Crippen molar-refractivity contribution < 1.29 is 9.52 Å². The van der Waals surface area contributed by atoms with Crippen LogP contribution in [0.15, 0.2) is 28.7 Å². The van der Waals surface area contributed by atoms with Gasteiger partial charge in [0, 0.05) is 18.4 Å². The summed E-state index contributed by atoms with van der Waals surface area (Å²) in [7, 11) is 0. The average Bonchev–Trinajstić information content (AvgIpc) is 2.94. The third-order valence-electron chi connectivity index (χ3n) is 3.42. The van der Waals surface area contributed by atoms with Gasteiger partial charge in [0.25, 0.3) is 0 Å². The standard InChI is InChI=1S/C14H17NO2/c16-12-3-4-14-11(9-12)10-13(17-14)5-8-15-6-1-2-7-15/h3-4,9-10,16H,1-2,5-8H2. The van der Waals surface area contributed by atoms with Crippen molar-refractivity contribution in [3.63, 3.8) is 0 Å². The maximum absolute atomic E-state index is 9.39. The molecule has 1 aromatic carbocycles. The highest BCUT2D eigenvalue weighted by Crippen LogP contribution is 2.24. The highest BCUT2D eigenvalue weighted by Gasteiger charge is 2.12. The zero-order chi connectivity index (χ0) is 11.7. The molecule has 3 heteroatoms.